The molecule has 4 nitrogen and oxygen atoms in total. The Morgan fingerprint density at radius 3 is 2.52 bits per heavy atom. The molecule has 0 spiro atoms. The molecule has 0 radical (unpaired) electrons. The maximum atomic E-state index is 12.9. The summed E-state index contributed by atoms with van der Waals surface area (Å²) in [7, 11) is 0. The third-order valence-corrected chi connectivity index (χ3v) is 5.83. The lowest BCUT2D eigenvalue weighted by molar-refractivity contribution is -0.120. The van der Waals surface area contributed by atoms with Crippen LogP contribution < -0.4 is 10.2 Å². The van der Waals surface area contributed by atoms with Gasteiger partial charge in [-0.15, -0.1) is 0 Å². The molecule has 2 aliphatic rings. The normalized spacial score (nSPS) is 17.9. The monoisotopic (exact) mass is 363 g/mol. The van der Waals surface area contributed by atoms with Crippen LogP contribution >= 0.6 is 0 Å². The van der Waals surface area contributed by atoms with Gasteiger partial charge < -0.3 is 10.2 Å². The van der Waals surface area contributed by atoms with E-state index in [1.165, 1.54) is 42.6 Å². The van der Waals surface area contributed by atoms with Gasteiger partial charge in [0.15, 0.2) is 0 Å². The van der Waals surface area contributed by atoms with E-state index in [1.54, 1.807) is 0 Å². The molecule has 2 aromatic rings. The summed E-state index contributed by atoms with van der Waals surface area (Å²) >= 11 is 0. The molecule has 4 heteroatoms. The number of fused-ring (bicyclic) bond motifs is 1. The zero-order valence-corrected chi connectivity index (χ0v) is 16.2. The number of amides is 1. The van der Waals surface area contributed by atoms with Gasteiger partial charge in [-0.2, -0.15) is 0 Å². The molecule has 0 bridgehead atoms. The Morgan fingerprint density at radius 2 is 1.70 bits per heavy atom. The minimum atomic E-state index is -0.198. The molecule has 0 aliphatic carbocycles. The number of hydrogen-bond acceptors (Lipinski definition) is 3. The standard InChI is InChI=1S/C23H29N3O/c1-18(23(27)26-15-12-19-8-4-5-11-22(19)26)24-16-20-9-2-3-10-21(20)17-25-13-6-7-14-25/h2-5,8-11,18,24H,6-7,12-17H2,1H3/t18-/m1/s1. The summed E-state index contributed by atoms with van der Waals surface area (Å²) in [5.74, 6) is 0.164. The largest absolute Gasteiger partial charge is 0.310 e. The van der Waals surface area contributed by atoms with E-state index in [1.807, 2.05) is 24.0 Å². The quantitative estimate of drug-likeness (QED) is 0.855. The predicted octanol–water partition coefficient (Wildman–Crippen LogP) is 3.35. The average Bonchev–Trinajstić information content (AvgIpc) is 3.36. The van der Waals surface area contributed by atoms with Crippen molar-refractivity contribution in [3.05, 3.63) is 65.2 Å². The molecular weight excluding hydrogens is 334 g/mol. The first kappa shape index (κ1) is 18.2. The molecule has 1 amide bonds. The number of carbonyl (C=O) groups is 1. The first-order valence-corrected chi connectivity index (χ1v) is 10.1. The van der Waals surface area contributed by atoms with Crippen molar-refractivity contribution in [3.8, 4) is 0 Å². The van der Waals surface area contributed by atoms with Gasteiger partial charge in [-0.1, -0.05) is 42.5 Å². The summed E-state index contributed by atoms with van der Waals surface area (Å²) in [5.41, 5.74) is 5.02. The summed E-state index contributed by atoms with van der Waals surface area (Å²) in [6, 6.07) is 16.6. The molecule has 1 atom stereocenters. The zero-order chi connectivity index (χ0) is 18.6. The van der Waals surface area contributed by atoms with Crippen molar-refractivity contribution in [1.82, 2.24) is 10.2 Å². The van der Waals surface area contributed by atoms with Crippen LogP contribution in [0.1, 0.15) is 36.5 Å². The Bertz CT molecular complexity index is 798. The summed E-state index contributed by atoms with van der Waals surface area (Å²) in [4.78, 5) is 17.4. The van der Waals surface area contributed by atoms with E-state index in [2.05, 4.69) is 46.6 Å². The van der Waals surface area contributed by atoms with Crippen molar-refractivity contribution in [2.24, 2.45) is 0 Å². The third kappa shape index (κ3) is 4.07. The van der Waals surface area contributed by atoms with E-state index in [4.69, 9.17) is 0 Å². The Labute approximate surface area is 162 Å². The number of hydrogen-bond donors (Lipinski definition) is 1. The molecule has 1 saturated heterocycles. The summed E-state index contributed by atoms with van der Waals surface area (Å²) in [5, 5.41) is 3.46. The van der Waals surface area contributed by atoms with Crippen LogP contribution in [0.25, 0.3) is 0 Å². The zero-order valence-electron chi connectivity index (χ0n) is 16.2. The fourth-order valence-electron chi connectivity index (χ4n) is 4.22. The predicted molar refractivity (Wildman–Crippen MR) is 110 cm³/mol. The van der Waals surface area contributed by atoms with Gasteiger partial charge in [0.05, 0.1) is 6.04 Å². The van der Waals surface area contributed by atoms with Crippen molar-refractivity contribution < 1.29 is 4.79 Å². The smallest absolute Gasteiger partial charge is 0.243 e. The van der Waals surface area contributed by atoms with Crippen LogP contribution in [0.5, 0.6) is 0 Å². The number of benzene rings is 2. The van der Waals surface area contributed by atoms with Crippen molar-refractivity contribution in [3.63, 3.8) is 0 Å². The number of anilines is 1. The third-order valence-electron chi connectivity index (χ3n) is 5.83. The number of likely N-dealkylation sites (tertiary alicyclic amines) is 1. The van der Waals surface area contributed by atoms with Gasteiger partial charge in [-0.25, -0.2) is 0 Å². The van der Waals surface area contributed by atoms with Gasteiger partial charge in [-0.05, 0) is 62.0 Å². The number of rotatable bonds is 6. The first-order chi connectivity index (χ1) is 13.2. The topological polar surface area (TPSA) is 35.6 Å². The number of nitrogens with one attached hydrogen (secondary N) is 1. The number of carbonyl (C=O) groups excluding carboxylic acids is 1. The second-order valence-electron chi connectivity index (χ2n) is 7.72. The maximum absolute atomic E-state index is 12.9. The van der Waals surface area contributed by atoms with Crippen molar-refractivity contribution >= 4 is 11.6 Å². The van der Waals surface area contributed by atoms with Gasteiger partial charge >= 0.3 is 0 Å². The summed E-state index contributed by atoms with van der Waals surface area (Å²) in [6.45, 7) is 6.91. The molecule has 142 valence electrons. The minimum absolute atomic E-state index is 0.164. The second kappa shape index (κ2) is 8.24. The highest BCUT2D eigenvalue weighted by Gasteiger charge is 2.27. The molecule has 1 fully saturated rings. The Balaban J connectivity index is 1.38. The highest BCUT2D eigenvalue weighted by atomic mass is 16.2. The summed E-state index contributed by atoms with van der Waals surface area (Å²) in [6.07, 6.45) is 3.57. The number of nitrogens with zero attached hydrogens (tertiary/aromatic N) is 2. The molecule has 2 heterocycles. The van der Waals surface area contributed by atoms with E-state index >= 15 is 0 Å². The molecule has 0 unspecified atom stereocenters. The van der Waals surface area contributed by atoms with E-state index in [9.17, 15) is 4.79 Å². The number of para-hydroxylation sites is 1. The molecule has 2 aliphatic heterocycles. The molecule has 0 aromatic heterocycles. The Hall–Kier alpha value is -2.17. The van der Waals surface area contributed by atoms with Crippen LogP contribution in [-0.2, 0) is 24.3 Å². The van der Waals surface area contributed by atoms with Gasteiger partial charge in [-0.3, -0.25) is 9.69 Å². The van der Waals surface area contributed by atoms with Gasteiger partial charge in [0.25, 0.3) is 0 Å². The Morgan fingerprint density at radius 1 is 1.00 bits per heavy atom. The van der Waals surface area contributed by atoms with E-state index < -0.39 is 0 Å². The SMILES string of the molecule is C[C@@H](NCc1ccccc1CN1CCCC1)C(=O)N1CCc2ccccc21. The van der Waals surface area contributed by atoms with Gasteiger partial charge in [0.2, 0.25) is 5.91 Å². The van der Waals surface area contributed by atoms with Crippen LogP contribution in [0.15, 0.2) is 48.5 Å². The average molecular weight is 364 g/mol. The van der Waals surface area contributed by atoms with E-state index in [-0.39, 0.29) is 11.9 Å². The Kier molecular flexibility index (Phi) is 5.55. The second-order valence-corrected chi connectivity index (χ2v) is 7.72. The molecule has 27 heavy (non-hydrogen) atoms. The van der Waals surface area contributed by atoms with E-state index in [0.29, 0.717) is 0 Å². The molecule has 0 saturated carbocycles. The molecule has 2 aromatic carbocycles. The highest BCUT2D eigenvalue weighted by molar-refractivity contribution is 5.98. The van der Waals surface area contributed by atoms with Gasteiger partial charge in [0, 0.05) is 25.3 Å². The van der Waals surface area contributed by atoms with Crippen LogP contribution in [0, 0.1) is 0 Å². The summed E-state index contributed by atoms with van der Waals surface area (Å²) < 4.78 is 0. The highest BCUT2D eigenvalue weighted by Crippen LogP contribution is 2.28. The molecule has 4 rings (SSSR count). The van der Waals surface area contributed by atoms with Crippen LogP contribution in [0.4, 0.5) is 5.69 Å². The van der Waals surface area contributed by atoms with Crippen LogP contribution in [0.3, 0.4) is 0 Å². The first-order valence-electron chi connectivity index (χ1n) is 10.1. The van der Waals surface area contributed by atoms with Crippen molar-refractivity contribution in [1.29, 1.82) is 0 Å². The van der Waals surface area contributed by atoms with Crippen molar-refractivity contribution in [2.75, 3.05) is 24.5 Å². The van der Waals surface area contributed by atoms with Crippen molar-refractivity contribution in [2.45, 2.75) is 45.3 Å². The van der Waals surface area contributed by atoms with E-state index in [0.717, 1.165) is 31.7 Å². The lowest BCUT2D eigenvalue weighted by Gasteiger charge is -2.23. The molecule has 1 N–H and O–H groups in total. The fourth-order valence-corrected chi connectivity index (χ4v) is 4.22. The molecular formula is C23H29N3O. The maximum Gasteiger partial charge on any atom is 0.243 e. The lowest BCUT2D eigenvalue weighted by atomic mass is 10.1. The van der Waals surface area contributed by atoms with Gasteiger partial charge in [0.1, 0.15) is 0 Å². The lowest BCUT2D eigenvalue weighted by Crippen LogP contribution is -2.44. The fraction of sp³-hybridized carbons (Fsp3) is 0.435. The van der Waals surface area contributed by atoms with Crippen LogP contribution in [-0.4, -0.2) is 36.5 Å². The van der Waals surface area contributed by atoms with Crippen LogP contribution in [0.2, 0.25) is 0 Å². The minimum Gasteiger partial charge on any atom is -0.310 e.